The molecule has 3 aromatic rings. The second-order valence-corrected chi connectivity index (χ2v) is 9.51. The van der Waals surface area contributed by atoms with Crippen molar-refractivity contribution in [1.29, 1.82) is 0 Å². The Morgan fingerprint density at radius 3 is 2.47 bits per heavy atom. The van der Waals surface area contributed by atoms with Gasteiger partial charge in [-0.3, -0.25) is 9.78 Å². The molecule has 166 valence electrons. The Kier molecular flexibility index (Phi) is 6.64. The number of amides is 1. The van der Waals surface area contributed by atoms with Gasteiger partial charge in [0.15, 0.2) is 0 Å². The Morgan fingerprint density at radius 1 is 1.06 bits per heavy atom. The summed E-state index contributed by atoms with van der Waals surface area (Å²) in [7, 11) is -3.55. The van der Waals surface area contributed by atoms with Crippen LogP contribution in [0.1, 0.15) is 22.8 Å². The molecule has 0 bridgehead atoms. The summed E-state index contributed by atoms with van der Waals surface area (Å²) >= 11 is 0. The zero-order chi connectivity index (χ0) is 22.6. The Hall–Kier alpha value is -3.07. The maximum atomic E-state index is 12.8. The van der Waals surface area contributed by atoms with E-state index in [0.29, 0.717) is 37.4 Å². The van der Waals surface area contributed by atoms with Crippen LogP contribution < -0.4 is 10.6 Å². The minimum atomic E-state index is -3.55. The molecule has 1 fully saturated rings. The van der Waals surface area contributed by atoms with Gasteiger partial charge in [-0.05, 0) is 60.5 Å². The largest absolute Gasteiger partial charge is 0.322 e. The highest BCUT2D eigenvalue weighted by Gasteiger charge is 2.25. The number of benzene rings is 2. The van der Waals surface area contributed by atoms with Gasteiger partial charge in [0, 0.05) is 49.2 Å². The van der Waals surface area contributed by atoms with E-state index in [0.717, 1.165) is 23.2 Å². The van der Waals surface area contributed by atoms with E-state index in [4.69, 9.17) is 0 Å². The van der Waals surface area contributed by atoms with Crippen molar-refractivity contribution < 1.29 is 13.2 Å². The van der Waals surface area contributed by atoms with Crippen LogP contribution in [0.5, 0.6) is 0 Å². The lowest BCUT2D eigenvalue weighted by Crippen LogP contribution is -2.46. The first-order chi connectivity index (χ1) is 15.5. The predicted octanol–water partition coefficient (Wildman–Crippen LogP) is 3.16. The van der Waals surface area contributed by atoms with Crippen LogP contribution in [0.4, 0.5) is 5.69 Å². The van der Waals surface area contributed by atoms with E-state index in [1.54, 1.807) is 18.3 Å². The predicted molar refractivity (Wildman–Crippen MR) is 125 cm³/mol. The number of aromatic nitrogens is 1. The van der Waals surface area contributed by atoms with E-state index in [9.17, 15) is 13.2 Å². The van der Waals surface area contributed by atoms with Crippen LogP contribution in [-0.4, -0.2) is 49.8 Å². The molecule has 0 saturated carbocycles. The van der Waals surface area contributed by atoms with Crippen LogP contribution in [0.2, 0.25) is 0 Å². The van der Waals surface area contributed by atoms with Gasteiger partial charge in [0.25, 0.3) is 5.91 Å². The van der Waals surface area contributed by atoms with Crippen LogP contribution in [-0.2, 0) is 16.4 Å². The maximum absolute atomic E-state index is 12.8. The van der Waals surface area contributed by atoms with Gasteiger partial charge in [-0.2, -0.15) is 4.31 Å². The highest BCUT2D eigenvalue weighted by molar-refractivity contribution is 7.89. The molecule has 1 aromatic heterocycles. The molecule has 2 aromatic carbocycles. The van der Waals surface area contributed by atoms with Crippen molar-refractivity contribution in [3.63, 3.8) is 0 Å². The van der Waals surface area contributed by atoms with Crippen molar-refractivity contribution in [3.8, 4) is 11.3 Å². The summed E-state index contributed by atoms with van der Waals surface area (Å²) in [4.78, 5) is 17.4. The van der Waals surface area contributed by atoms with Crippen LogP contribution in [0.25, 0.3) is 11.3 Å². The van der Waals surface area contributed by atoms with Crippen LogP contribution in [0.15, 0.2) is 71.8 Å². The molecular weight excluding hydrogens is 424 g/mol. The summed E-state index contributed by atoms with van der Waals surface area (Å²) in [6.07, 6.45) is 2.60. The lowest BCUT2D eigenvalue weighted by molar-refractivity contribution is 0.102. The first-order valence-electron chi connectivity index (χ1n) is 10.7. The standard InChI is InChI=1S/C24H26N4O3S/c1-2-18-6-9-20(17-22(18)23-5-3-4-12-26-23)27-24(29)19-7-10-21(11-8-19)32(30,31)28-15-13-25-14-16-28/h3-12,17,25H,2,13-16H2,1H3,(H,27,29). The van der Waals surface area contributed by atoms with Crippen LogP contribution in [0.3, 0.4) is 0 Å². The zero-order valence-electron chi connectivity index (χ0n) is 17.9. The molecule has 0 unspecified atom stereocenters. The molecule has 4 rings (SSSR count). The Balaban J connectivity index is 1.52. The molecule has 8 heteroatoms. The maximum Gasteiger partial charge on any atom is 0.255 e. The number of carbonyl (C=O) groups is 1. The van der Waals surface area contributed by atoms with E-state index in [2.05, 4.69) is 22.5 Å². The first-order valence-corrected chi connectivity index (χ1v) is 12.1. The van der Waals surface area contributed by atoms with Gasteiger partial charge in [-0.25, -0.2) is 8.42 Å². The summed E-state index contributed by atoms with van der Waals surface area (Å²) in [5, 5.41) is 6.05. The van der Waals surface area contributed by atoms with E-state index in [1.165, 1.54) is 16.4 Å². The number of pyridine rings is 1. The molecule has 0 aliphatic carbocycles. The smallest absolute Gasteiger partial charge is 0.255 e. The zero-order valence-corrected chi connectivity index (χ0v) is 18.7. The summed E-state index contributed by atoms with van der Waals surface area (Å²) in [6.45, 7) is 4.23. The average Bonchev–Trinajstić information content (AvgIpc) is 2.85. The molecule has 2 heterocycles. The van der Waals surface area contributed by atoms with E-state index < -0.39 is 10.0 Å². The second-order valence-electron chi connectivity index (χ2n) is 7.57. The van der Waals surface area contributed by atoms with Gasteiger partial charge in [0.1, 0.15) is 0 Å². The normalized spacial score (nSPS) is 14.8. The summed E-state index contributed by atoms with van der Waals surface area (Å²) in [5.74, 6) is -0.299. The first kappa shape index (κ1) is 22.1. The molecule has 0 radical (unpaired) electrons. The molecule has 2 N–H and O–H groups in total. The second kappa shape index (κ2) is 9.60. The number of hydrogen-bond acceptors (Lipinski definition) is 5. The van der Waals surface area contributed by atoms with Crippen LogP contribution in [0, 0.1) is 0 Å². The number of hydrogen-bond donors (Lipinski definition) is 2. The van der Waals surface area contributed by atoms with E-state index in [1.807, 2.05) is 36.4 Å². The summed E-state index contributed by atoms with van der Waals surface area (Å²) in [6, 6.07) is 17.6. The Bertz CT molecular complexity index is 1190. The van der Waals surface area contributed by atoms with Gasteiger partial charge < -0.3 is 10.6 Å². The van der Waals surface area contributed by atoms with Crippen molar-refractivity contribution >= 4 is 21.6 Å². The summed E-state index contributed by atoms with van der Waals surface area (Å²) in [5.41, 5.74) is 4.02. The van der Waals surface area contributed by atoms with Crippen molar-refractivity contribution in [3.05, 3.63) is 78.0 Å². The lowest BCUT2D eigenvalue weighted by atomic mass is 10.0. The third-order valence-corrected chi connectivity index (χ3v) is 7.43. The van der Waals surface area contributed by atoms with Crippen molar-refractivity contribution in [2.24, 2.45) is 0 Å². The molecule has 0 atom stereocenters. The third-order valence-electron chi connectivity index (χ3n) is 5.52. The quantitative estimate of drug-likeness (QED) is 0.602. The molecule has 1 aliphatic heterocycles. The van der Waals surface area contributed by atoms with Crippen LogP contribution >= 0.6 is 0 Å². The summed E-state index contributed by atoms with van der Waals surface area (Å²) < 4.78 is 27.0. The van der Waals surface area contributed by atoms with Gasteiger partial charge in [-0.15, -0.1) is 0 Å². The fourth-order valence-electron chi connectivity index (χ4n) is 3.74. The van der Waals surface area contributed by atoms with Gasteiger partial charge >= 0.3 is 0 Å². The van der Waals surface area contributed by atoms with Gasteiger partial charge in [0.2, 0.25) is 10.0 Å². The molecule has 1 saturated heterocycles. The lowest BCUT2D eigenvalue weighted by Gasteiger charge is -2.26. The molecule has 32 heavy (non-hydrogen) atoms. The van der Waals surface area contributed by atoms with Crippen molar-refractivity contribution in [2.45, 2.75) is 18.2 Å². The number of anilines is 1. The minimum Gasteiger partial charge on any atom is -0.322 e. The number of nitrogens with one attached hydrogen (secondary N) is 2. The SMILES string of the molecule is CCc1ccc(NC(=O)c2ccc(S(=O)(=O)N3CCNCC3)cc2)cc1-c1ccccn1. The highest BCUT2D eigenvalue weighted by Crippen LogP contribution is 2.26. The molecule has 1 aliphatic rings. The topological polar surface area (TPSA) is 91.4 Å². The number of aryl methyl sites for hydroxylation is 1. The number of nitrogens with zero attached hydrogens (tertiary/aromatic N) is 2. The minimum absolute atomic E-state index is 0.195. The number of rotatable bonds is 6. The molecular formula is C24H26N4O3S. The van der Waals surface area contributed by atoms with Gasteiger partial charge in [-0.1, -0.05) is 19.1 Å². The Morgan fingerprint density at radius 2 is 1.81 bits per heavy atom. The monoisotopic (exact) mass is 450 g/mol. The number of carbonyl (C=O) groups excluding carboxylic acids is 1. The van der Waals surface area contributed by atoms with E-state index >= 15 is 0 Å². The third kappa shape index (κ3) is 4.72. The molecule has 1 amide bonds. The highest BCUT2D eigenvalue weighted by atomic mass is 32.2. The van der Waals surface area contributed by atoms with Gasteiger partial charge in [0.05, 0.1) is 10.6 Å². The average molecular weight is 451 g/mol. The Labute approximate surface area is 188 Å². The van der Waals surface area contributed by atoms with Crippen molar-refractivity contribution in [1.82, 2.24) is 14.6 Å². The molecule has 0 spiro atoms. The fourth-order valence-corrected chi connectivity index (χ4v) is 5.18. The van der Waals surface area contributed by atoms with E-state index in [-0.39, 0.29) is 10.8 Å². The molecule has 7 nitrogen and oxygen atoms in total. The number of sulfonamides is 1. The van der Waals surface area contributed by atoms with Crippen molar-refractivity contribution in [2.75, 3.05) is 31.5 Å². The number of piperazine rings is 1. The fraction of sp³-hybridized carbons (Fsp3) is 0.250.